The highest BCUT2D eigenvalue weighted by molar-refractivity contribution is 5.93. The minimum absolute atomic E-state index is 0.243. The van der Waals surface area contributed by atoms with Gasteiger partial charge >= 0.3 is 5.97 Å². The average Bonchev–Trinajstić information content (AvgIpc) is 2.72. The number of hydrogen-bond acceptors (Lipinski definition) is 5. The van der Waals surface area contributed by atoms with Gasteiger partial charge in [-0.1, -0.05) is 12.1 Å². The van der Waals surface area contributed by atoms with Crippen molar-refractivity contribution in [3.05, 3.63) is 53.3 Å². The number of fused-ring (bicyclic) bond motifs is 1. The van der Waals surface area contributed by atoms with Gasteiger partial charge in [-0.2, -0.15) is 0 Å². The van der Waals surface area contributed by atoms with Gasteiger partial charge in [-0.25, -0.2) is 4.79 Å². The standard InChI is InChI=1S/C21H24N2O4/c24-21(25)18-3-7-22-13-19(18)23-12-16-6-10-27-20-11-15(1-2-17(16)20)14-4-8-26-9-5-14/h1-3,7,11,13-14,16,23H,4-6,8-10,12H2,(H,24,25)/t16-/m1/s1. The first kappa shape index (κ1) is 17.8. The van der Waals surface area contributed by atoms with Gasteiger partial charge in [0, 0.05) is 31.9 Å². The first-order valence-corrected chi connectivity index (χ1v) is 9.48. The number of hydrogen-bond donors (Lipinski definition) is 2. The number of carboxylic acid groups (broad SMARTS) is 1. The molecule has 0 aliphatic carbocycles. The molecular formula is C21H24N2O4. The lowest BCUT2D eigenvalue weighted by Crippen LogP contribution is -2.22. The Balaban J connectivity index is 1.49. The third kappa shape index (κ3) is 3.90. The molecule has 2 aliphatic heterocycles. The maximum absolute atomic E-state index is 11.4. The molecule has 4 rings (SSSR count). The Morgan fingerprint density at radius 1 is 1.19 bits per heavy atom. The number of anilines is 1. The van der Waals surface area contributed by atoms with E-state index in [1.807, 2.05) is 0 Å². The van der Waals surface area contributed by atoms with E-state index < -0.39 is 5.97 Å². The van der Waals surface area contributed by atoms with E-state index >= 15 is 0 Å². The number of pyridine rings is 1. The predicted octanol–water partition coefficient (Wildman–Crippen LogP) is 3.65. The molecule has 0 saturated carbocycles. The van der Waals surface area contributed by atoms with E-state index in [2.05, 4.69) is 28.5 Å². The van der Waals surface area contributed by atoms with Crippen molar-refractivity contribution < 1.29 is 19.4 Å². The number of ether oxygens (including phenoxy) is 2. The molecule has 1 fully saturated rings. The normalized spacial score (nSPS) is 19.8. The molecule has 1 aromatic heterocycles. The fourth-order valence-electron chi connectivity index (χ4n) is 3.93. The molecule has 2 aromatic rings. The van der Waals surface area contributed by atoms with E-state index in [-0.39, 0.29) is 11.5 Å². The largest absolute Gasteiger partial charge is 0.493 e. The van der Waals surface area contributed by atoms with Crippen molar-refractivity contribution in [1.29, 1.82) is 0 Å². The van der Waals surface area contributed by atoms with E-state index in [4.69, 9.17) is 9.47 Å². The Labute approximate surface area is 158 Å². The van der Waals surface area contributed by atoms with E-state index in [0.717, 1.165) is 38.2 Å². The molecule has 0 unspecified atom stereocenters. The van der Waals surface area contributed by atoms with Crippen LogP contribution in [0.1, 0.15) is 52.6 Å². The zero-order chi connectivity index (χ0) is 18.6. The molecular weight excluding hydrogens is 344 g/mol. The molecule has 1 atom stereocenters. The van der Waals surface area contributed by atoms with Crippen molar-refractivity contribution in [1.82, 2.24) is 4.98 Å². The summed E-state index contributed by atoms with van der Waals surface area (Å²) in [5.41, 5.74) is 3.31. The van der Waals surface area contributed by atoms with Gasteiger partial charge in [0.15, 0.2) is 0 Å². The third-order valence-electron chi connectivity index (χ3n) is 5.48. The number of carboxylic acids is 1. The van der Waals surface area contributed by atoms with E-state index in [9.17, 15) is 9.90 Å². The van der Waals surface area contributed by atoms with Crippen molar-refractivity contribution in [2.45, 2.75) is 31.1 Å². The van der Waals surface area contributed by atoms with Crippen molar-refractivity contribution in [2.24, 2.45) is 0 Å². The van der Waals surface area contributed by atoms with Crippen LogP contribution in [-0.4, -0.2) is 42.4 Å². The van der Waals surface area contributed by atoms with Crippen LogP contribution in [0.25, 0.3) is 0 Å². The van der Waals surface area contributed by atoms with Crippen molar-refractivity contribution in [3.63, 3.8) is 0 Å². The molecule has 3 heterocycles. The molecule has 1 saturated heterocycles. The number of carbonyl (C=O) groups is 1. The molecule has 1 aromatic carbocycles. The smallest absolute Gasteiger partial charge is 0.337 e. The second kappa shape index (κ2) is 7.96. The Kier molecular flexibility index (Phi) is 5.25. The molecule has 2 N–H and O–H groups in total. The molecule has 2 aliphatic rings. The summed E-state index contributed by atoms with van der Waals surface area (Å²) in [6.07, 6.45) is 6.08. The lowest BCUT2D eigenvalue weighted by Gasteiger charge is -2.29. The topological polar surface area (TPSA) is 80.7 Å². The second-order valence-corrected chi connectivity index (χ2v) is 7.13. The van der Waals surface area contributed by atoms with Crippen LogP contribution in [0.4, 0.5) is 5.69 Å². The molecule has 0 bridgehead atoms. The summed E-state index contributed by atoms with van der Waals surface area (Å²) in [7, 11) is 0. The number of nitrogens with zero attached hydrogens (tertiary/aromatic N) is 1. The zero-order valence-corrected chi connectivity index (χ0v) is 15.2. The van der Waals surface area contributed by atoms with Crippen LogP contribution in [-0.2, 0) is 4.74 Å². The molecule has 142 valence electrons. The third-order valence-corrected chi connectivity index (χ3v) is 5.48. The first-order valence-electron chi connectivity index (χ1n) is 9.48. The fraction of sp³-hybridized carbons (Fsp3) is 0.429. The molecule has 0 amide bonds. The number of nitrogens with one attached hydrogen (secondary N) is 1. The lowest BCUT2D eigenvalue weighted by molar-refractivity contribution is 0.0697. The van der Waals surface area contributed by atoms with E-state index in [0.29, 0.717) is 24.8 Å². The van der Waals surface area contributed by atoms with Gasteiger partial charge in [0.05, 0.1) is 24.1 Å². The quantitative estimate of drug-likeness (QED) is 0.838. The van der Waals surface area contributed by atoms with Crippen LogP contribution in [0.5, 0.6) is 5.75 Å². The maximum Gasteiger partial charge on any atom is 0.337 e. The molecule has 0 spiro atoms. The number of benzene rings is 1. The highest BCUT2D eigenvalue weighted by atomic mass is 16.5. The van der Waals surface area contributed by atoms with Crippen LogP contribution < -0.4 is 10.1 Å². The van der Waals surface area contributed by atoms with Gasteiger partial charge in [-0.05, 0) is 48.4 Å². The van der Waals surface area contributed by atoms with Crippen molar-refractivity contribution in [2.75, 3.05) is 31.7 Å². The van der Waals surface area contributed by atoms with E-state index in [1.54, 1.807) is 6.20 Å². The summed E-state index contributed by atoms with van der Waals surface area (Å²) in [4.78, 5) is 15.4. The summed E-state index contributed by atoms with van der Waals surface area (Å²) < 4.78 is 11.4. The summed E-state index contributed by atoms with van der Waals surface area (Å²) in [5.74, 6) is 0.828. The van der Waals surface area contributed by atoms with Gasteiger partial charge in [-0.15, -0.1) is 0 Å². The molecule has 0 radical (unpaired) electrons. The Morgan fingerprint density at radius 2 is 2.04 bits per heavy atom. The Morgan fingerprint density at radius 3 is 2.85 bits per heavy atom. The monoisotopic (exact) mass is 368 g/mol. The minimum atomic E-state index is -0.951. The highest BCUT2D eigenvalue weighted by Crippen LogP contribution is 2.38. The predicted molar refractivity (Wildman–Crippen MR) is 102 cm³/mol. The van der Waals surface area contributed by atoms with Crippen LogP contribution in [0, 0.1) is 0 Å². The van der Waals surface area contributed by atoms with Gasteiger partial charge in [0.2, 0.25) is 0 Å². The average molecular weight is 368 g/mol. The van der Waals surface area contributed by atoms with Gasteiger partial charge in [0.25, 0.3) is 0 Å². The van der Waals surface area contributed by atoms with Crippen LogP contribution in [0.2, 0.25) is 0 Å². The van der Waals surface area contributed by atoms with Crippen LogP contribution >= 0.6 is 0 Å². The Bertz CT molecular complexity index is 818. The molecule has 27 heavy (non-hydrogen) atoms. The van der Waals surface area contributed by atoms with Gasteiger partial charge < -0.3 is 19.9 Å². The molecule has 6 nitrogen and oxygen atoms in total. The second-order valence-electron chi connectivity index (χ2n) is 7.13. The highest BCUT2D eigenvalue weighted by Gasteiger charge is 2.24. The minimum Gasteiger partial charge on any atom is -0.493 e. The maximum atomic E-state index is 11.4. The van der Waals surface area contributed by atoms with E-state index in [1.165, 1.54) is 23.4 Å². The Hall–Kier alpha value is -2.60. The van der Waals surface area contributed by atoms with Crippen LogP contribution in [0.3, 0.4) is 0 Å². The van der Waals surface area contributed by atoms with Crippen LogP contribution in [0.15, 0.2) is 36.7 Å². The lowest BCUT2D eigenvalue weighted by atomic mass is 9.87. The fourth-order valence-corrected chi connectivity index (χ4v) is 3.93. The summed E-state index contributed by atoms with van der Waals surface area (Å²) in [6, 6.07) is 8.09. The number of aromatic carboxylic acids is 1. The van der Waals surface area contributed by atoms with Gasteiger partial charge in [0.1, 0.15) is 5.75 Å². The molecule has 6 heteroatoms. The summed E-state index contributed by atoms with van der Waals surface area (Å²) >= 11 is 0. The SMILES string of the molecule is O=C(O)c1ccncc1NC[C@H]1CCOc2cc(C3CCOCC3)ccc21. The van der Waals surface area contributed by atoms with Gasteiger partial charge in [-0.3, -0.25) is 4.98 Å². The number of aromatic nitrogens is 1. The zero-order valence-electron chi connectivity index (χ0n) is 15.2. The summed E-state index contributed by atoms with van der Waals surface area (Å²) in [6.45, 7) is 2.98. The van der Waals surface area contributed by atoms with Crippen molar-refractivity contribution >= 4 is 11.7 Å². The first-order chi connectivity index (χ1) is 13.2. The number of rotatable bonds is 5. The van der Waals surface area contributed by atoms with Crippen molar-refractivity contribution in [3.8, 4) is 5.75 Å². The summed E-state index contributed by atoms with van der Waals surface area (Å²) in [5, 5.41) is 12.6.